The van der Waals surface area contributed by atoms with Crippen LogP contribution in [-0.4, -0.2) is 35.5 Å². The molecule has 0 bridgehead atoms. The molecule has 0 aromatic rings. The van der Waals surface area contributed by atoms with E-state index in [1.807, 2.05) is 0 Å². The second-order valence-electron chi connectivity index (χ2n) is 3.58. The highest BCUT2D eigenvalue weighted by Gasteiger charge is 2.55. The van der Waals surface area contributed by atoms with Gasteiger partial charge in [-0.3, -0.25) is 10.1 Å². The fourth-order valence-electron chi connectivity index (χ4n) is 2.05. The van der Waals surface area contributed by atoms with Crippen molar-refractivity contribution in [2.24, 2.45) is 5.73 Å². The molecule has 1 saturated heterocycles. The molecule has 1 saturated carbocycles. The topological polar surface area (TPSA) is 75.4 Å². The third-order valence-corrected chi connectivity index (χ3v) is 2.94. The van der Waals surface area contributed by atoms with E-state index < -0.39 is 5.54 Å². The zero-order chi connectivity index (χ0) is 9.47. The van der Waals surface area contributed by atoms with Gasteiger partial charge >= 0.3 is 6.03 Å². The Bertz CT molecular complexity index is 260. The fourth-order valence-corrected chi connectivity index (χ4v) is 2.05. The van der Waals surface area contributed by atoms with Gasteiger partial charge in [0, 0.05) is 13.1 Å². The molecule has 1 aliphatic heterocycles. The molecule has 0 aromatic carbocycles. The van der Waals surface area contributed by atoms with Crippen molar-refractivity contribution in [1.82, 2.24) is 10.2 Å². The summed E-state index contributed by atoms with van der Waals surface area (Å²) in [7, 11) is 0. The second-order valence-corrected chi connectivity index (χ2v) is 3.58. The summed E-state index contributed by atoms with van der Waals surface area (Å²) in [4.78, 5) is 24.4. The predicted molar refractivity (Wildman–Crippen MR) is 45.9 cm³/mol. The summed E-state index contributed by atoms with van der Waals surface area (Å²) >= 11 is 0. The van der Waals surface area contributed by atoms with Crippen molar-refractivity contribution in [3.05, 3.63) is 0 Å². The Morgan fingerprint density at radius 1 is 1.46 bits per heavy atom. The Labute approximate surface area is 76.3 Å². The van der Waals surface area contributed by atoms with Gasteiger partial charge in [0.05, 0.1) is 0 Å². The Morgan fingerprint density at radius 3 is 2.62 bits per heavy atom. The van der Waals surface area contributed by atoms with Gasteiger partial charge in [0.2, 0.25) is 0 Å². The van der Waals surface area contributed by atoms with Gasteiger partial charge in [0.25, 0.3) is 5.91 Å². The smallest absolute Gasteiger partial charge is 0.325 e. The first-order valence-electron chi connectivity index (χ1n) is 4.54. The van der Waals surface area contributed by atoms with Crippen LogP contribution in [0.15, 0.2) is 0 Å². The van der Waals surface area contributed by atoms with Crippen LogP contribution in [0.4, 0.5) is 4.79 Å². The maximum Gasteiger partial charge on any atom is 0.325 e. The quantitative estimate of drug-likeness (QED) is 0.562. The molecule has 1 spiro atoms. The summed E-state index contributed by atoms with van der Waals surface area (Å²) in [5, 5.41) is 2.34. The lowest BCUT2D eigenvalue weighted by Gasteiger charge is -2.42. The van der Waals surface area contributed by atoms with Crippen LogP contribution in [0.1, 0.15) is 19.3 Å². The highest BCUT2D eigenvalue weighted by atomic mass is 16.2. The molecule has 3 amide bonds. The zero-order valence-corrected chi connectivity index (χ0v) is 7.38. The fraction of sp³-hybridized carbons (Fsp3) is 0.750. The summed E-state index contributed by atoms with van der Waals surface area (Å²) in [6.45, 7) is 0.875. The van der Waals surface area contributed by atoms with Gasteiger partial charge in [-0.05, 0) is 19.3 Å². The Morgan fingerprint density at radius 2 is 2.15 bits per heavy atom. The van der Waals surface area contributed by atoms with Gasteiger partial charge in [-0.1, -0.05) is 0 Å². The largest absolute Gasteiger partial charge is 0.329 e. The molecule has 72 valence electrons. The van der Waals surface area contributed by atoms with Crippen LogP contribution in [0.25, 0.3) is 0 Å². The average Bonchev–Trinajstić information content (AvgIpc) is 2.23. The molecule has 0 atom stereocenters. The highest BCUT2D eigenvalue weighted by Crippen LogP contribution is 2.40. The van der Waals surface area contributed by atoms with Crippen LogP contribution in [-0.2, 0) is 4.79 Å². The number of carbonyl (C=O) groups excluding carboxylic acids is 2. The number of imide groups is 1. The van der Waals surface area contributed by atoms with E-state index in [2.05, 4.69) is 5.32 Å². The lowest BCUT2D eigenvalue weighted by Crippen LogP contribution is -2.55. The molecule has 3 N–H and O–H groups in total. The minimum absolute atomic E-state index is 0.141. The minimum atomic E-state index is -0.531. The normalized spacial score (nSPS) is 24.8. The molecule has 13 heavy (non-hydrogen) atoms. The van der Waals surface area contributed by atoms with E-state index in [0.717, 1.165) is 19.3 Å². The van der Waals surface area contributed by atoms with Crippen molar-refractivity contribution in [3.8, 4) is 0 Å². The molecule has 1 aliphatic carbocycles. The average molecular weight is 183 g/mol. The van der Waals surface area contributed by atoms with E-state index >= 15 is 0 Å². The van der Waals surface area contributed by atoms with E-state index in [1.165, 1.54) is 0 Å². The number of amides is 3. The minimum Gasteiger partial charge on any atom is -0.329 e. The number of rotatable bonds is 2. The number of carbonyl (C=O) groups is 2. The van der Waals surface area contributed by atoms with Crippen molar-refractivity contribution < 1.29 is 9.59 Å². The first-order valence-corrected chi connectivity index (χ1v) is 4.54. The van der Waals surface area contributed by atoms with E-state index in [1.54, 1.807) is 4.90 Å². The maximum atomic E-state index is 11.5. The molecule has 5 nitrogen and oxygen atoms in total. The third kappa shape index (κ3) is 0.966. The number of nitrogens with zero attached hydrogens (tertiary/aromatic N) is 1. The Kier molecular flexibility index (Phi) is 1.76. The number of urea groups is 1. The second kappa shape index (κ2) is 2.70. The van der Waals surface area contributed by atoms with Crippen molar-refractivity contribution in [2.45, 2.75) is 24.8 Å². The first kappa shape index (κ1) is 8.50. The summed E-state index contributed by atoms with van der Waals surface area (Å²) in [6, 6.07) is -0.282. The standard InChI is InChI=1S/C8H13N3O2/c9-4-5-11-7(13)10-6(12)8(11)2-1-3-8/h1-5,9H2,(H,10,12,13). The Hall–Kier alpha value is -1.10. The van der Waals surface area contributed by atoms with Crippen LogP contribution in [0.3, 0.4) is 0 Å². The summed E-state index contributed by atoms with van der Waals surface area (Å²) in [5.74, 6) is -0.141. The lowest BCUT2D eigenvalue weighted by molar-refractivity contribution is -0.130. The van der Waals surface area contributed by atoms with Crippen molar-refractivity contribution in [3.63, 3.8) is 0 Å². The number of nitrogens with two attached hydrogens (primary N) is 1. The highest BCUT2D eigenvalue weighted by molar-refractivity contribution is 6.07. The zero-order valence-electron chi connectivity index (χ0n) is 7.38. The molecule has 2 aliphatic rings. The van der Waals surface area contributed by atoms with Crippen LogP contribution in [0.5, 0.6) is 0 Å². The summed E-state index contributed by atoms with van der Waals surface area (Å²) < 4.78 is 0. The molecular formula is C8H13N3O2. The maximum absolute atomic E-state index is 11.5. The van der Waals surface area contributed by atoms with Gasteiger partial charge < -0.3 is 10.6 Å². The third-order valence-electron chi connectivity index (χ3n) is 2.94. The van der Waals surface area contributed by atoms with Crippen LogP contribution >= 0.6 is 0 Å². The molecule has 0 aromatic heterocycles. The van der Waals surface area contributed by atoms with E-state index in [-0.39, 0.29) is 11.9 Å². The molecule has 2 rings (SSSR count). The van der Waals surface area contributed by atoms with Gasteiger partial charge in [-0.15, -0.1) is 0 Å². The van der Waals surface area contributed by atoms with Gasteiger partial charge in [-0.25, -0.2) is 4.79 Å². The van der Waals surface area contributed by atoms with Gasteiger partial charge in [-0.2, -0.15) is 0 Å². The monoisotopic (exact) mass is 183 g/mol. The number of hydrogen-bond acceptors (Lipinski definition) is 3. The number of nitrogens with one attached hydrogen (secondary N) is 1. The molecule has 1 heterocycles. The van der Waals surface area contributed by atoms with E-state index in [9.17, 15) is 9.59 Å². The van der Waals surface area contributed by atoms with E-state index in [0.29, 0.717) is 13.1 Å². The summed E-state index contributed by atoms with van der Waals surface area (Å²) in [5.41, 5.74) is 4.85. The molecule has 5 heteroatoms. The van der Waals surface area contributed by atoms with Crippen molar-refractivity contribution >= 4 is 11.9 Å². The van der Waals surface area contributed by atoms with Crippen LogP contribution < -0.4 is 11.1 Å². The van der Waals surface area contributed by atoms with Crippen LogP contribution in [0, 0.1) is 0 Å². The first-order chi connectivity index (χ1) is 6.20. The van der Waals surface area contributed by atoms with Crippen LogP contribution in [0.2, 0.25) is 0 Å². The molecule has 2 fully saturated rings. The SMILES string of the molecule is NCCN1C(=O)NC(=O)C12CCC2. The molecular weight excluding hydrogens is 170 g/mol. The lowest BCUT2D eigenvalue weighted by atomic mass is 9.75. The van der Waals surface area contributed by atoms with Gasteiger partial charge in [0.1, 0.15) is 5.54 Å². The van der Waals surface area contributed by atoms with Crippen molar-refractivity contribution in [2.75, 3.05) is 13.1 Å². The summed E-state index contributed by atoms with van der Waals surface area (Å²) in [6.07, 6.45) is 2.58. The van der Waals surface area contributed by atoms with E-state index in [4.69, 9.17) is 5.73 Å². The molecule has 0 unspecified atom stereocenters. The predicted octanol–water partition coefficient (Wildman–Crippen LogP) is -0.580. The Balaban J connectivity index is 2.21. The van der Waals surface area contributed by atoms with Gasteiger partial charge in [0.15, 0.2) is 0 Å². The molecule has 0 radical (unpaired) electrons. The van der Waals surface area contributed by atoms with Crippen molar-refractivity contribution in [1.29, 1.82) is 0 Å². The number of hydrogen-bond donors (Lipinski definition) is 2.